The van der Waals surface area contributed by atoms with E-state index in [9.17, 15) is 12.8 Å². The molecule has 0 atom stereocenters. The number of hydrogen-bond acceptors (Lipinski definition) is 4. The summed E-state index contributed by atoms with van der Waals surface area (Å²) >= 11 is 1.41. The lowest BCUT2D eigenvalue weighted by Crippen LogP contribution is -2.24. The van der Waals surface area contributed by atoms with Crippen molar-refractivity contribution in [1.29, 1.82) is 5.26 Å². The number of benzene rings is 1. The summed E-state index contributed by atoms with van der Waals surface area (Å²) in [5, 5.41) is 10.7. The van der Waals surface area contributed by atoms with Gasteiger partial charge in [-0.05, 0) is 23.6 Å². The molecule has 2 rings (SSSR count). The van der Waals surface area contributed by atoms with Crippen molar-refractivity contribution in [2.75, 3.05) is 0 Å². The molecule has 0 radical (unpaired) electrons. The van der Waals surface area contributed by atoms with Crippen molar-refractivity contribution in [3.8, 4) is 6.07 Å². The molecule has 1 N–H and O–H groups in total. The quantitative estimate of drug-likeness (QED) is 0.940. The van der Waals surface area contributed by atoms with E-state index in [4.69, 9.17) is 5.26 Å². The van der Waals surface area contributed by atoms with Gasteiger partial charge >= 0.3 is 0 Å². The van der Waals surface area contributed by atoms with Crippen molar-refractivity contribution < 1.29 is 12.8 Å². The lowest BCUT2D eigenvalue weighted by Gasteiger charge is -2.07. The lowest BCUT2D eigenvalue weighted by atomic mass is 10.2. The van der Waals surface area contributed by atoms with E-state index in [1.807, 2.05) is 5.38 Å². The van der Waals surface area contributed by atoms with Gasteiger partial charge in [0.2, 0.25) is 10.0 Å². The fraction of sp³-hybridized carbons (Fsp3) is 0.0833. The summed E-state index contributed by atoms with van der Waals surface area (Å²) in [4.78, 5) is 0.491. The molecule has 0 bridgehead atoms. The van der Waals surface area contributed by atoms with Crippen LogP contribution < -0.4 is 4.72 Å². The molecule has 98 valence electrons. The molecule has 1 aromatic carbocycles. The molecule has 1 heterocycles. The summed E-state index contributed by atoms with van der Waals surface area (Å²) in [5.41, 5.74) is -0.471. The summed E-state index contributed by atoms with van der Waals surface area (Å²) < 4.78 is 39.8. The molecule has 0 amide bonds. The Morgan fingerprint density at radius 2 is 2.11 bits per heavy atom. The topological polar surface area (TPSA) is 70.0 Å². The molecule has 0 fully saturated rings. The van der Waals surface area contributed by atoms with Crippen LogP contribution in [0.3, 0.4) is 0 Å². The number of halogens is 1. The Bertz CT molecular complexity index is 719. The molecular formula is C12H9FN2O2S2. The van der Waals surface area contributed by atoms with Gasteiger partial charge in [0.25, 0.3) is 0 Å². The number of hydrogen-bond donors (Lipinski definition) is 1. The van der Waals surface area contributed by atoms with Crippen LogP contribution in [-0.2, 0) is 16.6 Å². The van der Waals surface area contributed by atoms with Gasteiger partial charge in [0.05, 0.1) is 0 Å². The van der Waals surface area contributed by atoms with Gasteiger partial charge in [-0.15, -0.1) is 11.3 Å². The van der Waals surface area contributed by atoms with Crippen molar-refractivity contribution in [2.45, 2.75) is 11.4 Å². The summed E-state index contributed by atoms with van der Waals surface area (Å²) in [6, 6.07) is 8.68. The minimum Gasteiger partial charge on any atom is -0.207 e. The van der Waals surface area contributed by atoms with Crippen LogP contribution in [-0.4, -0.2) is 8.42 Å². The third kappa shape index (κ3) is 2.98. The van der Waals surface area contributed by atoms with Crippen molar-refractivity contribution in [3.05, 3.63) is 52.0 Å². The van der Waals surface area contributed by atoms with Crippen LogP contribution in [0.25, 0.3) is 0 Å². The molecule has 0 aliphatic carbocycles. The van der Waals surface area contributed by atoms with Crippen molar-refractivity contribution in [3.63, 3.8) is 0 Å². The van der Waals surface area contributed by atoms with E-state index < -0.39 is 21.4 Å². The molecule has 0 unspecified atom stereocenters. The minimum atomic E-state index is -3.91. The van der Waals surface area contributed by atoms with Crippen LogP contribution in [0.1, 0.15) is 10.4 Å². The number of thiophene rings is 1. The Morgan fingerprint density at radius 1 is 1.32 bits per heavy atom. The van der Waals surface area contributed by atoms with Crippen LogP contribution >= 0.6 is 11.3 Å². The van der Waals surface area contributed by atoms with Crippen LogP contribution in [0.2, 0.25) is 0 Å². The second-order valence-corrected chi connectivity index (χ2v) is 6.40. The van der Waals surface area contributed by atoms with E-state index in [0.29, 0.717) is 0 Å². The highest BCUT2D eigenvalue weighted by atomic mass is 32.2. The zero-order valence-corrected chi connectivity index (χ0v) is 11.3. The largest absolute Gasteiger partial charge is 0.242 e. The highest BCUT2D eigenvalue weighted by molar-refractivity contribution is 7.89. The highest BCUT2D eigenvalue weighted by Crippen LogP contribution is 2.18. The molecule has 0 spiro atoms. The van der Waals surface area contributed by atoms with E-state index in [1.165, 1.54) is 23.5 Å². The molecule has 0 aliphatic heterocycles. The van der Waals surface area contributed by atoms with Gasteiger partial charge in [0.15, 0.2) is 0 Å². The van der Waals surface area contributed by atoms with Crippen LogP contribution in [0.15, 0.2) is 40.6 Å². The zero-order valence-electron chi connectivity index (χ0n) is 9.63. The van der Waals surface area contributed by atoms with Gasteiger partial charge < -0.3 is 0 Å². The van der Waals surface area contributed by atoms with Gasteiger partial charge in [0, 0.05) is 11.4 Å². The number of sulfonamides is 1. The lowest BCUT2D eigenvalue weighted by molar-refractivity contribution is 0.576. The smallest absolute Gasteiger partial charge is 0.207 e. The fourth-order valence-electron chi connectivity index (χ4n) is 1.49. The van der Waals surface area contributed by atoms with Crippen LogP contribution in [0, 0.1) is 17.1 Å². The van der Waals surface area contributed by atoms with Gasteiger partial charge in [-0.25, -0.2) is 17.5 Å². The van der Waals surface area contributed by atoms with E-state index in [0.717, 1.165) is 10.9 Å². The first kappa shape index (κ1) is 13.7. The van der Waals surface area contributed by atoms with Crippen molar-refractivity contribution >= 4 is 21.4 Å². The Hall–Kier alpha value is -1.75. The highest BCUT2D eigenvalue weighted by Gasteiger charge is 2.20. The Morgan fingerprint density at radius 3 is 2.74 bits per heavy atom. The maximum Gasteiger partial charge on any atom is 0.242 e. The predicted molar refractivity (Wildman–Crippen MR) is 69.5 cm³/mol. The van der Waals surface area contributed by atoms with Crippen LogP contribution in [0.5, 0.6) is 0 Å². The van der Waals surface area contributed by atoms with Crippen molar-refractivity contribution in [2.24, 2.45) is 0 Å². The first-order valence-corrected chi connectivity index (χ1v) is 7.61. The standard InChI is InChI=1S/C12H9FN2O2S2/c13-11-4-1-5-12(10(11)7-14)19(16,17)15-8-9-3-2-6-18-9/h1-6,15H,8H2. The third-order valence-corrected chi connectivity index (χ3v) is 4.71. The number of nitrogens with zero attached hydrogens (tertiary/aromatic N) is 1. The Kier molecular flexibility index (Phi) is 3.95. The molecular weight excluding hydrogens is 287 g/mol. The summed E-state index contributed by atoms with van der Waals surface area (Å²) in [7, 11) is -3.91. The SMILES string of the molecule is N#Cc1c(F)cccc1S(=O)(=O)NCc1cccs1. The maximum atomic E-state index is 13.4. The minimum absolute atomic E-state index is 0.112. The van der Waals surface area contributed by atoms with Crippen LogP contribution in [0.4, 0.5) is 4.39 Å². The normalized spacial score (nSPS) is 11.2. The van der Waals surface area contributed by atoms with Crippen molar-refractivity contribution in [1.82, 2.24) is 4.72 Å². The number of nitrogens with one attached hydrogen (secondary N) is 1. The molecule has 0 saturated heterocycles. The third-order valence-electron chi connectivity index (χ3n) is 2.39. The first-order valence-electron chi connectivity index (χ1n) is 5.25. The predicted octanol–water partition coefficient (Wildman–Crippen LogP) is 2.24. The van der Waals surface area contributed by atoms with E-state index in [2.05, 4.69) is 4.72 Å². The summed E-state index contributed by atoms with van der Waals surface area (Å²) in [6.07, 6.45) is 0. The number of nitriles is 1. The van der Waals surface area contributed by atoms with E-state index in [1.54, 1.807) is 18.2 Å². The Labute approximate surface area is 114 Å². The van der Waals surface area contributed by atoms with Gasteiger partial charge in [-0.2, -0.15) is 5.26 Å². The van der Waals surface area contributed by atoms with Gasteiger partial charge in [0.1, 0.15) is 22.3 Å². The average molecular weight is 296 g/mol. The fourth-order valence-corrected chi connectivity index (χ4v) is 3.40. The second kappa shape index (κ2) is 5.48. The Balaban J connectivity index is 2.30. The molecule has 0 aliphatic rings. The zero-order chi connectivity index (χ0) is 13.9. The first-order chi connectivity index (χ1) is 9.04. The average Bonchev–Trinajstić information content (AvgIpc) is 2.89. The molecule has 0 saturated carbocycles. The maximum absolute atomic E-state index is 13.4. The second-order valence-electron chi connectivity index (χ2n) is 3.63. The van der Waals surface area contributed by atoms with Gasteiger partial charge in [-0.1, -0.05) is 12.1 Å². The number of rotatable bonds is 4. The van der Waals surface area contributed by atoms with E-state index >= 15 is 0 Å². The molecule has 7 heteroatoms. The van der Waals surface area contributed by atoms with E-state index in [-0.39, 0.29) is 11.4 Å². The monoisotopic (exact) mass is 296 g/mol. The summed E-state index contributed by atoms with van der Waals surface area (Å²) in [6.45, 7) is 0.112. The summed E-state index contributed by atoms with van der Waals surface area (Å²) in [5.74, 6) is -0.846. The van der Waals surface area contributed by atoms with Gasteiger partial charge in [-0.3, -0.25) is 0 Å². The molecule has 4 nitrogen and oxygen atoms in total. The molecule has 2 aromatic rings. The molecule has 1 aromatic heterocycles. The molecule has 19 heavy (non-hydrogen) atoms.